The maximum atomic E-state index is 13.6. The van der Waals surface area contributed by atoms with E-state index in [9.17, 15) is 4.79 Å². The van der Waals surface area contributed by atoms with Crippen LogP contribution in [0.25, 0.3) is 22.2 Å². The first kappa shape index (κ1) is 25.6. The Morgan fingerprint density at radius 3 is 2.54 bits per heavy atom. The maximum Gasteiger partial charge on any atom is 0.253 e. The van der Waals surface area contributed by atoms with Gasteiger partial charge >= 0.3 is 0 Å². The second-order valence-corrected chi connectivity index (χ2v) is 10.8. The van der Waals surface area contributed by atoms with Crippen LogP contribution in [0.1, 0.15) is 50.1 Å². The lowest BCUT2D eigenvalue weighted by Crippen LogP contribution is -2.43. The van der Waals surface area contributed by atoms with Crippen molar-refractivity contribution in [2.45, 2.75) is 57.0 Å². The Morgan fingerprint density at radius 2 is 1.77 bits per heavy atom. The molecule has 7 heteroatoms. The van der Waals surface area contributed by atoms with Gasteiger partial charge in [0.15, 0.2) is 0 Å². The van der Waals surface area contributed by atoms with Gasteiger partial charge in [-0.25, -0.2) is 4.98 Å². The molecule has 4 aromatic rings. The second-order valence-electron chi connectivity index (χ2n) is 10.8. The average molecular weight is 524 g/mol. The molecular weight excluding hydrogens is 486 g/mol. The minimum absolute atomic E-state index is 0.0122. The van der Waals surface area contributed by atoms with E-state index in [-0.39, 0.29) is 11.6 Å². The van der Waals surface area contributed by atoms with E-state index in [1.807, 2.05) is 35.0 Å². The van der Waals surface area contributed by atoms with E-state index >= 15 is 0 Å². The lowest BCUT2D eigenvalue weighted by molar-refractivity contribution is 0.414. The summed E-state index contributed by atoms with van der Waals surface area (Å²) in [5.74, 6) is 1.48. The predicted molar refractivity (Wildman–Crippen MR) is 157 cm³/mol. The van der Waals surface area contributed by atoms with Crippen molar-refractivity contribution in [3.05, 3.63) is 82.8 Å². The molecule has 2 fully saturated rings. The number of benzene rings is 2. The summed E-state index contributed by atoms with van der Waals surface area (Å²) >= 11 is 0. The highest BCUT2D eigenvalue weighted by atomic mass is 16.5. The van der Waals surface area contributed by atoms with Crippen molar-refractivity contribution in [3.8, 4) is 16.9 Å². The molecule has 1 saturated carbocycles. The van der Waals surface area contributed by atoms with Crippen LogP contribution in [0.15, 0.2) is 71.7 Å². The van der Waals surface area contributed by atoms with Crippen molar-refractivity contribution >= 4 is 17.0 Å². The zero-order valence-electron chi connectivity index (χ0n) is 22.7. The zero-order chi connectivity index (χ0) is 26.6. The van der Waals surface area contributed by atoms with Gasteiger partial charge in [-0.05, 0) is 67.5 Å². The third kappa shape index (κ3) is 5.55. The predicted octanol–water partition coefficient (Wildman–Crippen LogP) is 5.38. The molecule has 2 aliphatic rings. The molecule has 1 N–H and O–H groups in total. The number of piperidine rings is 1. The molecule has 2 aromatic carbocycles. The van der Waals surface area contributed by atoms with Crippen LogP contribution in [0.3, 0.4) is 0 Å². The summed E-state index contributed by atoms with van der Waals surface area (Å²) < 4.78 is 7.39. The first-order valence-corrected chi connectivity index (χ1v) is 14.3. The van der Waals surface area contributed by atoms with Gasteiger partial charge in [0.25, 0.3) is 5.56 Å². The standard InChI is InChI=1S/C32H37N5O2/c1-39-27-13-7-10-24(20-27)28-21-30(38)37(26-11-5-6-12-26)31-29(28)22-34-32(35-31)36-18-15-25(16-19-36)33-17-14-23-8-3-2-4-9-23/h2-4,7-10,13,20-22,25-26,33H,5-6,11-12,14-19H2,1H3. The second kappa shape index (κ2) is 11.6. The fraction of sp³-hybridized carbons (Fsp3) is 0.406. The van der Waals surface area contributed by atoms with Crippen LogP contribution in [-0.4, -0.2) is 47.3 Å². The Hall–Kier alpha value is -3.71. The Bertz CT molecular complexity index is 1470. The van der Waals surface area contributed by atoms with E-state index in [0.717, 1.165) is 98.4 Å². The summed E-state index contributed by atoms with van der Waals surface area (Å²) in [6.07, 6.45) is 9.41. The molecule has 0 atom stereocenters. The normalized spacial score (nSPS) is 16.7. The molecule has 0 unspecified atom stereocenters. The number of nitrogens with zero attached hydrogens (tertiary/aromatic N) is 4. The van der Waals surface area contributed by atoms with Crippen LogP contribution in [0.4, 0.5) is 5.95 Å². The lowest BCUT2D eigenvalue weighted by Gasteiger charge is -2.32. The minimum Gasteiger partial charge on any atom is -0.497 e. The summed E-state index contributed by atoms with van der Waals surface area (Å²) in [7, 11) is 1.66. The summed E-state index contributed by atoms with van der Waals surface area (Å²) in [4.78, 5) is 25.7. The van der Waals surface area contributed by atoms with E-state index in [0.29, 0.717) is 6.04 Å². The van der Waals surface area contributed by atoms with Crippen molar-refractivity contribution in [2.24, 2.45) is 0 Å². The van der Waals surface area contributed by atoms with Crippen LogP contribution < -0.4 is 20.5 Å². The van der Waals surface area contributed by atoms with Gasteiger partial charge in [0.05, 0.1) is 7.11 Å². The SMILES string of the molecule is COc1cccc(-c2cc(=O)n(C3CCCC3)c3nc(N4CCC(NCCc5ccccc5)CC4)ncc23)c1. The third-order valence-corrected chi connectivity index (χ3v) is 8.32. The number of hydrogen-bond acceptors (Lipinski definition) is 6. The quantitative estimate of drug-likeness (QED) is 0.334. The molecule has 1 aliphatic heterocycles. The van der Waals surface area contributed by atoms with Crippen molar-refractivity contribution < 1.29 is 4.74 Å². The number of fused-ring (bicyclic) bond motifs is 1. The first-order chi connectivity index (χ1) is 19.2. The third-order valence-electron chi connectivity index (χ3n) is 8.32. The molecule has 1 saturated heterocycles. The molecular formula is C32H37N5O2. The molecule has 2 aromatic heterocycles. The zero-order valence-corrected chi connectivity index (χ0v) is 22.7. The topological polar surface area (TPSA) is 72.3 Å². The highest BCUT2D eigenvalue weighted by Gasteiger charge is 2.25. The summed E-state index contributed by atoms with van der Waals surface area (Å²) in [5, 5.41) is 4.65. The maximum absolute atomic E-state index is 13.6. The Kier molecular flexibility index (Phi) is 7.59. The van der Waals surface area contributed by atoms with E-state index in [4.69, 9.17) is 14.7 Å². The van der Waals surface area contributed by atoms with E-state index < -0.39 is 0 Å². The van der Waals surface area contributed by atoms with Gasteiger partial charge in [-0.3, -0.25) is 9.36 Å². The number of rotatable bonds is 8. The van der Waals surface area contributed by atoms with Crippen molar-refractivity contribution in [2.75, 3.05) is 31.6 Å². The van der Waals surface area contributed by atoms with Crippen LogP contribution in [0.2, 0.25) is 0 Å². The summed E-state index contributed by atoms with van der Waals surface area (Å²) in [5.41, 5.74) is 3.93. The number of ether oxygens (including phenoxy) is 1. The molecule has 39 heavy (non-hydrogen) atoms. The molecule has 1 aliphatic carbocycles. The average Bonchev–Trinajstić information content (AvgIpc) is 3.52. The summed E-state index contributed by atoms with van der Waals surface area (Å²) in [6.45, 7) is 2.79. The number of aromatic nitrogens is 3. The Morgan fingerprint density at radius 1 is 0.974 bits per heavy atom. The Labute approximate surface area is 229 Å². The van der Waals surface area contributed by atoms with Crippen LogP contribution in [0.5, 0.6) is 5.75 Å². The molecule has 0 amide bonds. The summed E-state index contributed by atoms with van der Waals surface area (Å²) in [6, 6.07) is 20.9. The Balaban J connectivity index is 1.25. The molecule has 0 radical (unpaired) electrons. The number of anilines is 1. The van der Waals surface area contributed by atoms with Gasteiger partial charge in [-0.1, -0.05) is 55.3 Å². The number of nitrogens with one attached hydrogen (secondary N) is 1. The molecule has 3 heterocycles. The number of hydrogen-bond donors (Lipinski definition) is 1. The van der Waals surface area contributed by atoms with Gasteiger partial charge in [-0.15, -0.1) is 0 Å². The number of pyridine rings is 1. The van der Waals surface area contributed by atoms with Crippen molar-refractivity contribution in [1.29, 1.82) is 0 Å². The largest absolute Gasteiger partial charge is 0.497 e. The fourth-order valence-electron chi connectivity index (χ4n) is 6.16. The van der Waals surface area contributed by atoms with Crippen molar-refractivity contribution in [1.82, 2.24) is 19.9 Å². The lowest BCUT2D eigenvalue weighted by atomic mass is 10.0. The first-order valence-electron chi connectivity index (χ1n) is 14.3. The van der Waals surface area contributed by atoms with E-state index in [2.05, 4.69) is 40.5 Å². The van der Waals surface area contributed by atoms with E-state index in [1.54, 1.807) is 13.2 Å². The van der Waals surface area contributed by atoms with Crippen LogP contribution >= 0.6 is 0 Å². The van der Waals surface area contributed by atoms with Gasteiger partial charge < -0.3 is 15.0 Å². The smallest absolute Gasteiger partial charge is 0.253 e. The van der Waals surface area contributed by atoms with Gasteiger partial charge in [0, 0.05) is 42.8 Å². The number of methoxy groups -OCH3 is 1. The van der Waals surface area contributed by atoms with Gasteiger partial charge in [0.1, 0.15) is 11.4 Å². The van der Waals surface area contributed by atoms with Crippen LogP contribution in [0, 0.1) is 0 Å². The van der Waals surface area contributed by atoms with Crippen LogP contribution in [-0.2, 0) is 6.42 Å². The van der Waals surface area contributed by atoms with Crippen molar-refractivity contribution in [3.63, 3.8) is 0 Å². The van der Waals surface area contributed by atoms with Gasteiger partial charge in [0.2, 0.25) is 5.95 Å². The van der Waals surface area contributed by atoms with E-state index in [1.165, 1.54) is 5.56 Å². The van der Waals surface area contributed by atoms with Gasteiger partial charge in [-0.2, -0.15) is 4.98 Å². The fourth-order valence-corrected chi connectivity index (χ4v) is 6.16. The molecule has 7 nitrogen and oxygen atoms in total. The molecule has 0 bridgehead atoms. The minimum atomic E-state index is 0.0122. The molecule has 6 rings (SSSR count). The molecule has 0 spiro atoms. The highest BCUT2D eigenvalue weighted by molar-refractivity contribution is 5.93. The highest BCUT2D eigenvalue weighted by Crippen LogP contribution is 2.34. The molecule has 202 valence electrons. The monoisotopic (exact) mass is 523 g/mol.